The Morgan fingerprint density at radius 2 is 2.00 bits per heavy atom. The van der Waals surface area contributed by atoms with Crippen LogP contribution in [0.15, 0.2) is 29.1 Å². The fourth-order valence-electron chi connectivity index (χ4n) is 2.18. The van der Waals surface area contributed by atoms with E-state index in [0.717, 1.165) is 29.9 Å². The van der Waals surface area contributed by atoms with Crippen molar-refractivity contribution in [3.8, 4) is 5.69 Å². The monoisotopic (exact) mass is 233 g/mol. The van der Waals surface area contributed by atoms with Gasteiger partial charge in [-0.15, -0.1) is 0 Å². The van der Waals surface area contributed by atoms with Crippen molar-refractivity contribution in [3.05, 3.63) is 51.7 Å². The Morgan fingerprint density at radius 1 is 1.24 bits per heavy atom. The molecule has 88 valence electrons. The van der Waals surface area contributed by atoms with Crippen molar-refractivity contribution < 1.29 is 4.39 Å². The van der Waals surface area contributed by atoms with Crippen LogP contribution in [0.1, 0.15) is 11.3 Å². The zero-order valence-electron chi connectivity index (χ0n) is 9.16. The van der Waals surface area contributed by atoms with Gasteiger partial charge in [-0.2, -0.15) is 0 Å². The number of halogens is 1. The normalized spacial score (nSPS) is 14.6. The standard InChI is InChI=1S/C12H12FN3O/c13-8-1-3-9(4-2-8)16-11-5-6-14-7-10(11)12(17)15-16/h1-4,14H,5-7H2,(H,15,17). The maximum Gasteiger partial charge on any atom is 0.269 e. The Kier molecular flexibility index (Phi) is 2.33. The summed E-state index contributed by atoms with van der Waals surface area (Å²) in [5.74, 6) is -0.279. The molecule has 0 amide bonds. The molecule has 0 saturated heterocycles. The molecular formula is C12H12FN3O. The van der Waals surface area contributed by atoms with E-state index in [1.54, 1.807) is 16.8 Å². The van der Waals surface area contributed by atoms with Gasteiger partial charge in [-0.05, 0) is 24.3 Å². The topological polar surface area (TPSA) is 49.8 Å². The van der Waals surface area contributed by atoms with Crippen LogP contribution in [-0.2, 0) is 13.0 Å². The zero-order valence-corrected chi connectivity index (χ0v) is 9.16. The molecule has 0 radical (unpaired) electrons. The minimum Gasteiger partial charge on any atom is -0.312 e. The first-order chi connectivity index (χ1) is 8.25. The van der Waals surface area contributed by atoms with Crippen LogP contribution in [0.3, 0.4) is 0 Å². The molecule has 4 nitrogen and oxygen atoms in total. The van der Waals surface area contributed by atoms with Crippen molar-refractivity contribution in [1.29, 1.82) is 0 Å². The lowest BCUT2D eigenvalue weighted by molar-refractivity contribution is 0.618. The lowest BCUT2D eigenvalue weighted by atomic mass is 10.1. The third kappa shape index (κ3) is 1.68. The molecule has 0 fully saturated rings. The number of rotatable bonds is 1. The Balaban J connectivity index is 2.15. The van der Waals surface area contributed by atoms with Gasteiger partial charge in [-0.3, -0.25) is 14.6 Å². The maximum absolute atomic E-state index is 12.9. The summed E-state index contributed by atoms with van der Waals surface area (Å²) in [7, 11) is 0. The number of hydrogen-bond acceptors (Lipinski definition) is 2. The van der Waals surface area contributed by atoms with E-state index in [1.807, 2.05) is 0 Å². The van der Waals surface area contributed by atoms with Gasteiger partial charge >= 0.3 is 0 Å². The van der Waals surface area contributed by atoms with Crippen LogP contribution in [-0.4, -0.2) is 16.3 Å². The maximum atomic E-state index is 12.9. The molecule has 3 rings (SSSR count). The van der Waals surface area contributed by atoms with E-state index in [-0.39, 0.29) is 11.4 Å². The van der Waals surface area contributed by atoms with Gasteiger partial charge < -0.3 is 5.32 Å². The molecule has 2 aromatic rings. The molecule has 1 aliphatic rings. The minimum absolute atomic E-state index is 0.0727. The van der Waals surface area contributed by atoms with Crippen LogP contribution in [0, 0.1) is 5.82 Å². The van der Waals surface area contributed by atoms with Crippen LogP contribution in [0.5, 0.6) is 0 Å². The number of fused-ring (bicyclic) bond motifs is 1. The smallest absolute Gasteiger partial charge is 0.269 e. The molecular weight excluding hydrogens is 221 g/mol. The van der Waals surface area contributed by atoms with Gasteiger partial charge in [0.15, 0.2) is 0 Å². The van der Waals surface area contributed by atoms with Crippen molar-refractivity contribution in [2.45, 2.75) is 13.0 Å². The number of hydrogen-bond donors (Lipinski definition) is 2. The Hall–Kier alpha value is -1.88. The van der Waals surface area contributed by atoms with Crippen molar-refractivity contribution in [3.63, 3.8) is 0 Å². The van der Waals surface area contributed by atoms with Crippen LogP contribution in [0.2, 0.25) is 0 Å². The molecule has 0 spiro atoms. The predicted molar refractivity (Wildman–Crippen MR) is 61.8 cm³/mol. The molecule has 0 saturated carbocycles. The number of nitrogens with zero attached hydrogens (tertiary/aromatic N) is 1. The molecule has 17 heavy (non-hydrogen) atoms. The third-order valence-corrected chi connectivity index (χ3v) is 3.03. The van der Waals surface area contributed by atoms with Crippen LogP contribution in [0.4, 0.5) is 4.39 Å². The minimum atomic E-state index is -0.279. The van der Waals surface area contributed by atoms with Gasteiger partial charge in [-0.25, -0.2) is 4.39 Å². The summed E-state index contributed by atoms with van der Waals surface area (Å²) in [4.78, 5) is 11.7. The van der Waals surface area contributed by atoms with Crippen molar-refractivity contribution in [1.82, 2.24) is 15.1 Å². The molecule has 1 aliphatic heterocycles. The van der Waals surface area contributed by atoms with Crippen molar-refractivity contribution >= 4 is 0 Å². The molecule has 2 N–H and O–H groups in total. The SMILES string of the molecule is O=c1[nH]n(-c2ccc(F)cc2)c2c1CNCC2. The van der Waals surface area contributed by atoms with Gasteiger partial charge in [0.2, 0.25) is 0 Å². The summed E-state index contributed by atoms with van der Waals surface area (Å²) >= 11 is 0. The fraction of sp³-hybridized carbons (Fsp3) is 0.250. The molecule has 0 unspecified atom stereocenters. The summed E-state index contributed by atoms with van der Waals surface area (Å²) in [6.07, 6.45) is 0.797. The summed E-state index contributed by atoms with van der Waals surface area (Å²) in [5, 5.41) is 5.95. The largest absolute Gasteiger partial charge is 0.312 e. The van der Waals surface area contributed by atoms with Crippen LogP contribution >= 0.6 is 0 Å². The second-order valence-corrected chi connectivity index (χ2v) is 4.10. The van der Waals surface area contributed by atoms with Crippen molar-refractivity contribution in [2.24, 2.45) is 0 Å². The molecule has 2 heterocycles. The van der Waals surface area contributed by atoms with Gasteiger partial charge in [0.1, 0.15) is 5.82 Å². The Bertz CT molecular complexity index is 597. The summed E-state index contributed by atoms with van der Waals surface area (Å²) in [6, 6.07) is 6.10. The number of H-pyrrole nitrogens is 1. The first kappa shape index (κ1) is 10.3. The third-order valence-electron chi connectivity index (χ3n) is 3.03. The van der Waals surface area contributed by atoms with E-state index < -0.39 is 0 Å². The van der Waals surface area contributed by atoms with E-state index in [4.69, 9.17) is 0 Å². The molecule has 1 aromatic carbocycles. The molecule has 0 bridgehead atoms. The summed E-state index contributed by atoms with van der Waals surface area (Å²) in [6.45, 7) is 1.45. The van der Waals surface area contributed by atoms with E-state index in [1.165, 1.54) is 12.1 Å². The summed E-state index contributed by atoms with van der Waals surface area (Å²) < 4.78 is 14.6. The van der Waals surface area contributed by atoms with Gasteiger partial charge in [0.05, 0.1) is 16.9 Å². The number of benzene rings is 1. The number of nitrogens with one attached hydrogen (secondary N) is 2. The Morgan fingerprint density at radius 3 is 2.76 bits per heavy atom. The molecule has 5 heteroatoms. The zero-order chi connectivity index (χ0) is 11.8. The highest BCUT2D eigenvalue weighted by Crippen LogP contribution is 2.15. The molecule has 0 aliphatic carbocycles. The molecule has 0 atom stereocenters. The molecule has 1 aromatic heterocycles. The van der Waals surface area contributed by atoms with Gasteiger partial charge in [-0.1, -0.05) is 0 Å². The van der Waals surface area contributed by atoms with E-state index in [2.05, 4.69) is 10.4 Å². The fourth-order valence-corrected chi connectivity index (χ4v) is 2.18. The van der Waals surface area contributed by atoms with Crippen molar-refractivity contribution in [2.75, 3.05) is 6.54 Å². The number of aromatic nitrogens is 2. The van der Waals surface area contributed by atoms with Crippen LogP contribution < -0.4 is 10.9 Å². The second kappa shape index (κ2) is 3.85. The van der Waals surface area contributed by atoms with E-state index >= 15 is 0 Å². The first-order valence-electron chi connectivity index (χ1n) is 5.55. The lowest BCUT2D eigenvalue weighted by Gasteiger charge is -2.14. The Labute approximate surface area is 97.1 Å². The van der Waals surface area contributed by atoms with E-state index in [0.29, 0.717) is 6.54 Å². The highest BCUT2D eigenvalue weighted by molar-refractivity contribution is 5.36. The highest BCUT2D eigenvalue weighted by Gasteiger charge is 2.18. The average Bonchev–Trinajstić information content (AvgIpc) is 2.69. The second-order valence-electron chi connectivity index (χ2n) is 4.10. The average molecular weight is 233 g/mol. The predicted octanol–water partition coefficient (Wildman–Crippen LogP) is 0.950. The van der Waals surface area contributed by atoms with E-state index in [9.17, 15) is 9.18 Å². The summed E-state index contributed by atoms with van der Waals surface area (Å²) in [5.41, 5.74) is 2.48. The lowest BCUT2D eigenvalue weighted by Crippen LogP contribution is -2.26. The van der Waals surface area contributed by atoms with Gasteiger partial charge in [0.25, 0.3) is 5.56 Å². The quantitative estimate of drug-likeness (QED) is 0.770. The highest BCUT2D eigenvalue weighted by atomic mass is 19.1. The van der Waals surface area contributed by atoms with Gasteiger partial charge in [0, 0.05) is 19.5 Å². The van der Waals surface area contributed by atoms with Crippen LogP contribution in [0.25, 0.3) is 5.69 Å². The number of aromatic amines is 1. The first-order valence-corrected chi connectivity index (χ1v) is 5.55.